The van der Waals surface area contributed by atoms with Crippen LogP contribution in [0.5, 0.6) is 0 Å². The van der Waals surface area contributed by atoms with Gasteiger partial charge in [0.05, 0.1) is 11.6 Å². The highest BCUT2D eigenvalue weighted by Crippen LogP contribution is 2.30. The van der Waals surface area contributed by atoms with Crippen molar-refractivity contribution >= 4 is 23.3 Å². The second kappa shape index (κ2) is 9.94. The van der Waals surface area contributed by atoms with Crippen molar-refractivity contribution in [1.29, 1.82) is 5.26 Å². The molecule has 2 aliphatic rings. The Kier molecular flexibility index (Phi) is 6.56. The maximum absolute atomic E-state index is 13.4. The molecule has 0 aliphatic carbocycles. The number of likely N-dealkylation sites (tertiary alicyclic amines) is 1. The van der Waals surface area contributed by atoms with Gasteiger partial charge in [0.2, 0.25) is 0 Å². The summed E-state index contributed by atoms with van der Waals surface area (Å²) in [5.74, 6) is 2.25. The smallest absolute Gasteiger partial charge is 0.253 e. The second-order valence-electron chi connectivity index (χ2n) is 10.0. The van der Waals surface area contributed by atoms with E-state index >= 15 is 0 Å². The van der Waals surface area contributed by atoms with Crippen molar-refractivity contribution in [2.75, 3.05) is 32.1 Å². The number of nitrogens with zero attached hydrogens (tertiary/aromatic N) is 5. The first-order valence-corrected chi connectivity index (χ1v) is 12.5. The molecular weight excluding hydrogens is 446 g/mol. The Morgan fingerprint density at radius 2 is 1.83 bits per heavy atom. The van der Waals surface area contributed by atoms with E-state index in [9.17, 15) is 4.79 Å². The van der Waals surface area contributed by atoms with Gasteiger partial charge in [-0.05, 0) is 72.7 Å². The summed E-state index contributed by atoms with van der Waals surface area (Å²) in [4.78, 5) is 26.8. The van der Waals surface area contributed by atoms with Crippen LogP contribution < -0.4 is 4.90 Å². The number of nitriles is 1. The van der Waals surface area contributed by atoms with Crippen LogP contribution in [0.25, 0.3) is 0 Å². The normalized spacial score (nSPS) is 15.3. The van der Waals surface area contributed by atoms with Gasteiger partial charge in [0.1, 0.15) is 5.82 Å². The molecule has 182 valence electrons. The Labute approximate surface area is 212 Å². The Hall–Kier alpha value is -3.98. The number of pyridine rings is 1. The zero-order valence-electron chi connectivity index (χ0n) is 21.2. The fourth-order valence-electron chi connectivity index (χ4n) is 5.11. The van der Waals surface area contributed by atoms with E-state index in [0.29, 0.717) is 11.5 Å². The van der Waals surface area contributed by atoms with E-state index in [1.807, 2.05) is 60.3 Å². The van der Waals surface area contributed by atoms with Gasteiger partial charge >= 0.3 is 0 Å². The summed E-state index contributed by atoms with van der Waals surface area (Å²) in [7, 11) is 3.96. The highest BCUT2D eigenvalue weighted by atomic mass is 16.2. The zero-order chi connectivity index (χ0) is 25.2. The first kappa shape index (κ1) is 23.7. The highest BCUT2D eigenvalue weighted by Gasteiger charge is 2.25. The molecule has 0 unspecified atom stereocenters. The van der Waals surface area contributed by atoms with Crippen molar-refractivity contribution in [3.8, 4) is 6.07 Å². The van der Waals surface area contributed by atoms with Gasteiger partial charge in [-0.25, -0.2) is 9.98 Å². The molecule has 3 aromatic rings. The number of hydrogen-bond acceptors (Lipinski definition) is 5. The van der Waals surface area contributed by atoms with Crippen LogP contribution in [0.15, 0.2) is 59.6 Å². The number of carbonyl (C=O) groups excluding carboxylic acids is 1. The topological polar surface area (TPSA) is 72.6 Å². The average Bonchev–Trinajstić information content (AvgIpc) is 3.31. The number of anilines is 1. The second-order valence-corrected chi connectivity index (χ2v) is 10.0. The SMILES string of the molecule is Cc1ccc(C(=O)N2CCC(c3ccc(C#N)cc3)CC2)cc1CC1=Nc2nc(N(C)C)ccc2C1. The van der Waals surface area contributed by atoms with Crippen molar-refractivity contribution in [1.82, 2.24) is 9.88 Å². The van der Waals surface area contributed by atoms with Gasteiger partial charge in [0.15, 0.2) is 5.82 Å². The van der Waals surface area contributed by atoms with Crippen LogP contribution in [0, 0.1) is 18.3 Å². The third-order valence-electron chi connectivity index (χ3n) is 7.34. The molecular formula is C30H31N5O. The molecule has 0 radical (unpaired) electrons. The van der Waals surface area contributed by atoms with E-state index in [2.05, 4.69) is 36.2 Å². The molecule has 5 rings (SSSR count). The summed E-state index contributed by atoms with van der Waals surface area (Å²) in [6, 6.07) is 20.2. The number of piperidine rings is 1. The number of benzene rings is 2. The van der Waals surface area contributed by atoms with Crippen LogP contribution in [0.4, 0.5) is 11.6 Å². The maximum atomic E-state index is 13.4. The molecule has 6 heteroatoms. The molecule has 1 aromatic heterocycles. The van der Waals surface area contributed by atoms with E-state index in [1.54, 1.807) is 0 Å². The summed E-state index contributed by atoms with van der Waals surface area (Å²) in [5, 5.41) is 9.02. The Morgan fingerprint density at radius 1 is 1.08 bits per heavy atom. The van der Waals surface area contributed by atoms with E-state index in [4.69, 9.17) is 10.3 Å². The average molecular weight is 478 g/mol. The third-order valence-corrected chi connectivity index (χ3v) is 7.34. The quantitative estimate of drug-likeness (QED) is 0.505. The lowest BCUT2D eigenvalue weighted by molar-refractivity contribution is 0.0713. The van der Waals surface area contributed by atoms with E-state index in [0.717, 1.165) is 72.8 Å². The summed E-state index contributed by atoms with van der Waals surface area (Å²) < 4.78 is 0. The van der Waals surface area contributed by atoms with Gasteiger partial charge in [-0.3, -0.25) is 4.79 Å². The van der Waals surface area contributed by atoms with E-state index < -0.39 is 0 Å². The number of aliphatic imine (C=N–C) groups is 1. The Bertz CT molecular complexity index is 1360. The first-order chi connectivity index (χ1) is 17.4. The van der Waals surface area contributed by atoms with Crippen LogP contribution in [0.2, 0.25) is 0 Å². The predicted molar refractivity (Wildman–Crippen MR) is 143 cm³/mol. The standard InChI is InChI=1S/C30H31N5O/c1-20-4-7-25(16-26(20)18-27-17-24-10-11-28(34(2)3)33-29(24)32-27)30(36)35-14-12-23(13-15-35)22-8-5-21(19-31)6-9-22/h4-11,16,23H,12-15,17-18H2,1-3H3. The van der Waals surface area contributed by atoms with E-state index in [-0.39, 0.29) is 5.91 Å². The minimum atomic E-state index is 0.100. The molecule has 36 heavy (non-hydrogen) atoms. The molecule has 1 saturated heterocycles. The van der Waals surface area contributed by atoms with Crippen LogP contribution in [-0.2, 0) is 12.8 Å². The minimum absolute atomic E-state index is 0.100. The first-order valence-electron chi connectivity index (χ1n) is 12.5. The fourth-order valence-corrected chi connectivity index (χ4v) is 5.11. The molecule has 0 bridgehead atoms. The predicted octanol–water partition coefficient (Wildman–Crippen LogP) is 5.22. The number of hydrogen-bond donors (Lipinski definition) is 0. The largest absolute Gasteiger partial charge is 0.363 e. The van der Waals surface area contributed by atoms with Crippen molar-refractivity contribution in [3.05, 3.63) is 88.0 Å². The lowest BCUT2D eigenvalue weighted by atomic mass is 9.88. The van der Waals surface area contributed by atoms with Crippen molar-refractivity contribution < 1.29 is 4.79 Å². The molecule has 2 aliphatic heterocycles. The number of rotatable bonds is 5. The van der Waals surface area contributed by atoms with Gasteiger partial charge in [0.25, 0.3) is 5.91 Å². The van der Waals surface area contributed by atoms with Gasteiger partial charge in [0, 0.05) is 56.9 Å². The van der Waals surface area contributed by atoms with Gasteiger partial charge in [-0.2, -0.15) is 5.26 Å². The van der Waals surface area contributed by atoms with Crippen molar-refractivity contribution in [2.24, 2.45) is 4.99 Å². The van der Waals surface area contributed by atoms with Crippen LogP contribution >= 0.6 is 0 Å². The molecule has 0 spiro atoms. The fraction of sp³-hybridized carbons (Fsp3) is 0.333. The van der Waals surface area contributed by atoms with Crippen molar-refractivity contribution in [3.63, 3.8) is 0 Å². The summed E-state index contributed by atoms with van der Waals surface area (Å²) in [5.41, 5.74) is 7.25. The molecule has 1 amide bonds. The summed E-state index contributed by atoms with van der Waals surface area (Å²) in [6.07, 6.45) is 3.40. The molecule has 0 N–H and O–H groups in total. The molecule has 0 atom stereocenters. The highest BCUT2D eigenvalue weighted by molar-refractivity contribution is 5.97. The number of carbonyl (C=O) groups is 1. The summed E-state index contributed by atoms with van der Waals surface area (Å²) in [6.45, 7) is 3.58. The molecule has 3 heterocycles. The third kappa shape index (κ3) is 4.87. The lowest BCUT2D eigenvalue weighted by Gasteiger charge is -2.32. The number of aromatic nitrogens is 1. The van der Waals surface area contributed by atoms with Crippen LogP contribution in [-0.4, -0.2) is 48.7 Å². The molecule has 2 aromatic carbocycles. The maximum Gasteiger partial charge on any atom is 0.253 e. The Balaban J connectivity index is 1.25. The Morgan fingerprint density at radius 3 is 2.53 bits per heavy atom. The molecule has 1 fully saturated rings. The van der Waals surface area contributed by atoms with Crippen LogP contribution in [0.3, 0.4) is 0 Å². The van der Waals surface area contributed by atoms with Gasteiger partial charge < -0.3 is 9.80 Å². The van der Waals surface area contributed by atoms with Crippen molar-refractivity contribution in [2.45, 2.75) is 38.5 Å². The monoisotopic (exact) mass is 477 g/mol. The number of aryl methyl sites for hydroxylation is 1. The number of fused-ring (bicyclic) bond motifs is 1. The van der Waals surface area contributed by atoms with Gasteiger partial charge in [-0.15, -0.1) is 0 Å². The van der Waals surface area contributed by atoms with E-state index in [1.165, 1.54) is 11.1 Å². The van der Waals surface area contributed by atoms with Crippen LogP contribution in [0.1, 0.15) is 56.9 Å². The number of amides is 1. The lowest BCUT2D eigenvalue weighted by Crippen LogP contribution is -2.38. The summed E-state index contributed by atoms with van der Waals surface area (Å²) >= 11 is 0. The molecule has 6 nitrogen and oxygen atoms in total. The molecule has 0 saturated carbocycles. The zero-order valence-corrected chi connectivity index (χ0v) is 21.2. The van der Waals surface area contributed by atoms with Gasteiger partial charge in [-0.1, -0.05) is 24.3 Å². The minimum Gasteiger partial charge on any atom is -0.363 e.